The van der Waals surface area contributed by atoms with Crippen molar-refractivity contribution in [3.63, 3.8) is 0 Å². The average molecular weight is 308 g/mol. The van der Waals surface area contributed by atoms with E-state index in [-0.39, 0.29) is 11.9 Å². The molecule has 0 spiro atoms. The van der Waals surface area contributed by atoms with Crippen LogP contribution < -0.4 is 0 Å². The molecule has 1 atom stereocenters. The molecular formula is C19H20N2O2. The van der Waals surface area contributed by atoms with Gasteiger partial charge >= 0.3 is 0 Å². The topological polar surface area (TPSA) is 49.2 Å². The second-order valence-corrected chi connectivity index (χ2v) is 6.35. The number of nitrogens with one attached hydrogen (secondary N) is 1. The van der Waals surface area contributed by atoms with Gasteiger partial charge in [-0.3, -0.25) is 4.79 Å². The number of hydrogen-bond acceptors (Lipinski definition) is 2. The van der Waals surface area contributed by atoms with Crippen molar-refractivity contribution in [3.05, 3.63) is 59.2 Å². The first-order valence-electron chi connectivity index (χ1n) is 8.08. The number of aromatic nitrogens is 1. The van der Waals surface area contributed by atoms with Crippen molar-refractivity contribution < 1.29 is 9.21 Å². The number of furan rings is 1. The summed E-state index contributed by atoms with van der Waals surface area (Å²) in [5.74, 6) is 0.940. The number of benzene rings is 1. The molecule has 0 bridgehead atoms. The fourth-order valence-corrected chi connectivity index (χ4v) is 3.58. The van der Waals surface area contributed by atoms with Gasteiger partial charge in [0, 0.05) is 17.4 Å². The maximum atomic E-state index is 13.1. The van der Waals surface area contributed by atoms with Gasteiger partial charge in [-0.05, 0) is 56.5 Å². The van der Waals surface area contributed by atoms with Gasteiger partial charge in [0.15, 0.2) is 0 Å². The van der Waals surface area contributed by atoms with Crippen LogP contribution in [0.25, 0.3) is 10.9 Å². The summed E-state index contributed by atoms with van der Waals surface area (Å²) in [5.41, 5.74) is 3.95. The summed E-state index contributed by atoms with van der Waals surface area (Å²) in [6.45, 7) is 4.86. The third-order valence-corrected chi connectivity index (χ3v) is 4.81. The number of hydrogen-bond donors (Lipinski definition) is 1. The standard InChI is InChI=1S/C19H20N2O2/c1-12-7-8-15-14(11-12)13(2)18(20-15)19(22)21-9-3-5-16(21)17-6-4-10-23-17/h4,6-8,10-11,16,20H,3,5,9H2,1-2H3/t16-/m1/s1. The quantitative estimate of drug-likeness (QED) is 0.765. The zero-order valence-corrected chi connectivity index (χ0v) is 13.4. The number of carbonyl (C=O) groups is 1. The van der Waals surface area contributed by atoms with E-state index in [0.29, 0.717) is 5.69 Å². The molecule has 1 fully saturated rings. The highest BCUT2D eigenvalue weighted by atomic mass is 16.3. The maximum absolute atomic E-state index is 13.1. The lowest BCUT2D eigenvalue weighted by atomic mass is 10.1. The van der Waals surface area contributed by atoms with Gasteiger partial charge in [-0.15, -0.1) is 0 Å². The van der Waals surface area contributed by atoms with Crippen molar-refractivity contribution in [2.75, 3.05) is 6.54 Å². The predicted molar refractivity (Wildman–Crippen MR) is 89.5 cm³/mol. The zero-order chi connectivity index (χ0) is 16.0. The van der Waals surface area contributed by atoms with Crippen molar-refractivity contribution in [1.82, 2.24) is 9.88 Å². The van der Waals surface area contributed by atoms with Crippen LogP contribution in [0.2, 0.25) is 0 Å². The highest BCUT2D eigenvalue weighted by Crippen LogP contribution is 2.34. The maximum Gasteiger partial charge on any atom is 0.271 e. The Balaban J connectivity index is 1.73. The van der Waals surface area contributed by atoms with Crippen LogP contribution in [0.15, 0.2) is 41.0 Å². The van der Waals surface area contributed by atoms with E-state index in [4.69, 9.17) is 4.42 Å². The van der Waals surface area contributed by atoms with Crippen LogP contribution in [0, 0.1) is 13.8 Å². The molecule has 1 N–H and O–H groups in total. The Hall–Kier alpha value is -2.49. The molecule has 3 aromatic rings. The molecule has 1 aliphatic rings. The number of nitrogens with zero attached hydrogens (tertiary/aromatic N) is 1. The second kappa shape index (κ2) is 5.30. The molecule has 1 amide bonds. The number of H-pyrrole nitrogens is 1. The summed E-state index contributed by atoms with van der Waals surface area (Å²) in [4.78, 5) is 18.3. The van der Waals surface area contributed by atoms with Crippen molar-refractivity contribution in [1.29, 1.82) is 0 Å². The lowest BCUT2D eigenvalue weighted by molar-refractivity contribution is 0.0714. The number of carbonyl (C=O) groups excluding carboxylic acids is 1. The van der Waals surface area contributed by atoms with Crippen molar-refractivity contribution >= 4 is 16.8 Å². The van der Waals surface area contributed by atoms with Gasteiger partial charge in [0.1, 0.15) is 11.5 Å². The average Bonchev–Trinajstić information content (AvgIpc) is 3.26. The van der Waals surface area contributed by atoms with Crippen LogP contribution in [0.5, 0.6) is 0 Å². The van der Waals surface area contributed by atoms with Crippen LogP contribution in [-0.2, 0) is 0 Å². The number of aryl methyl sites for hydroxylation is 2. The monoisotopic (exact) mass is 308 g/mol. The molecular weight excluding hydrogens is 288 g/mol. The van der Waals surface area contributed by atoms with Gasteiger partial charge in [0.25, 0.3) is 5.91 Å². The summed E-state index contributed by atoms with van der Waals surface area (Å²) in [6.07, 6.45) is 3.64. The van der Waals surface area contributed by atoms with E-state index in [1.807, 2.05) is 30.0 Å². The minimum Gasteiger partial charge on any atom is -0.467 e. The molecule has 118 valence electrons. The summed E-state index contributed by atoms with van der Waals surface area (Å²) in [6, 6.07) is 10.1. The molecule has 1 aromatic carbocycles. The highest BCUT2D eigenvalue weighted by molar-refractivity contribution is 6.01. The number of aromatic amines is 1. The van der Waals surface area contributed by atoms with Crippen molar-refractivity contribution in [2.45, 2.75) is 32.7 Å². The molecule has 4 nitrogen and oxygen atoms in total. The number of likely N-dealkylation sites (tertiary alicyclic amines) is 1. The first kappa shape index (κ1) is 14.1. The largest absolute Gasteiger partial charge is 0.467 e. The first-order valence-corrected chi connectivity index (χ1v) is 8.08. The molecule has 1 saturated heterocycles. The number of amides is 1. The Morgan fingerprint density at radius 3 is 2.96 bits per heavy atom. The van der Waals surface area contributed by atoms with Gasteiger partial charge in [-0.1, -0.05) is 11.6 Å². The highest BCUT2D eigenvalue weighted by Gasteiger charge is 2.33. The summed E-state index contributed by atoms with van der Waals surface area (Å²) in [5, 5.41) is 1.13. The van der Waals surface area contributed by atoms with Crippen molar-refractivity contribution in [2.24, 2.45) is 0 Å². The molecule has 2 aromatic heterocycles. The van der Waals surface area contributed by atoms with Crippen LogP contribution in [0.4, 0.5) is 0 Å². The Kier molecular flexibility index (Phi) is 3.26. The van der Waals surface area contributed by atoms with Gasteiger partial charge in [0.05, 0.1) is 12.3 Å². The second-order valence-electron chi connectivity index (χ2n) is 6.35. The third kappa shape index (κ3) is 2.25. The van der Waals surface area contributed by atoms with E-state index < -0.39 is 0 Å². The van der Waals surface area contributed by atoms with E-state index in [1.165, 1.54) is 5.56 Å². The number of fused-ring (bicyclic) bond motifs is 1. The van der Waals surface area contributed by atoms with E-state index in [0.717, 1.165) is 41.6 Å². The molecule has 23 heavy (non-hydrogen) atoms. The van der Waals surface area contributed by atoms with Crippen LogP contribution in [0.3, 0.4) is 0 Å². The fraction of sp³-hybridized carbons (Fsp3) is 0.316. The lowest BCUT2D eigenvalue weighted by Crippen LogP contribution is -2.31. The molecule has 3 heterocycles. The Labute approximate surface area is 135 Å². The molecule has 0 aliphatic carbocycles. The zero-order valence-electron chi connectivity index (χ0n) is 13.4. The van der Waals surface area contributed by atoms with Gasteiger partial charge in [0.2, 0.25) is 0 Å². The third-order valence-electron chi connectivity index (χ3n) is 4.81. The Bertz CT molecular complexity index is 861. The van der Waals surface area contributed by atoms with Crippen LogP contribution in [-0.4, -0.2) is 22.3 Å². The Morgan fingerprint density at radius 1 is 1.30 bits per heavy atom. The van der Waals surface area contributed by atoms with Gasteiger partial charge in [-0.25, -0.2) is 0 Å². The molecule has 1 aliphatic heterocycles. The van der Waals surface area contributed by atoms with E-state index in [9.17, 15) is 4.79 Å². The Morgan fingerprint density at radius 2 is 2.17 bits per heavy atom. The van der Waals surface area contributed by atoms with Crippen LogP contribution >= 0.6 is 0 Å². The van der Waals surface area contributed by atoms with E-state index in [2.05, 4.69) is 24.0 Å². The SMILES string of the molecule is Cc1ccc2[nH]c(C(=O)N3CCC[C@@H]3c3ccco3)c(C)c2c1. The fourth-order valence-electron chi connectivity index (χ4n) is 3.58. The molecule has 0 saturated carbocycles. The number of rotatable bonds is 2. The van der Waals surface area contributed by atoms with Gasteiger partial charge in [-0.2, -0.15) is 0 Å². The van der Waals surface area contributed by atoms with Crippen molar-refractivity contribution in [3.8, 4) is 0 Å². The van der Waals surface area contributed by atoms with Crippen LogP contribution in [0.1, 0.15) is 46.3 Å². The summed E-state index contributed by atoms with van der Waals surface area (Å²) >= 11 is 0. The predicted octanol–water partition coefficient (Wildman–Crippen LogP) is 4.36. The first-order chi connectivity index (χ1) is 11.1. The molecule has 0 unspecified atom stereocenters. The minimum atomic E-state index is 0.0463. The van der Waals surface area contributed by atoms with E-state index >= 15 is 0 Å². The summed E-state index contributed by atoms with van der Waals surface area (Å²) < 4.78 is 5.53. The normalized spacial score (nSPS) is 18.0. The van der Waals surface area contributed by atoms with E-state index in [1.54, 1.807) is 6.26 Å². The minimum absolute atomic E-state index is 0.0463. The van der Waals surface area contributed by atoms with Gasteiger partial charge < -0.3 is 14.3 Å². The molecule has 4 rings (SSSR count). The smallest absolute Gasteiger partial charge is 0.271 e. The molecule has 4 heteroatoms. The molecule has 0 radical (unpaired) electrons. The lowest BCUT2D eigenvalue weighted by Gasteiger charge is -2.23. The summed E-state index contributed by atoms with van der Waals surface area (Å²) in [7, 11) is 0.